The summed E-state index contributed by atoms with van der Waals surface area (Å²) in [5.74, 6) is 3.42. The molecule has 0 aliphatic heterocycles. The van der Waals surface area contributed by atoms with E-state index >= 15 is 0 Å². The average Bonchev–Trinajstić information content (AvgIpc) is 2.81. The van der Waals surface area contributed by atoms with Gasteiger partial charge in [-0.1, -0.05) is 0 Å². The molecule has 1 N–H and O–H groups in total. The highest BCUT2D eigenvalue weighted by atomic mass is 32.2. The van der Waals surface area contributed by atoms with E-state index in [0.29, 0.717) is 10.8 Å². The number of rotatable bonds is 2. The van der Waals surface area contributed by atoms with Crippen LogP contribution in [0.3, 0.4) is 0 Å². The molecule has 0 saturated heterocycles. The van der Waals surface area contributed by atoms with Gasteiger partial charge in [0.15, 0.2) is 9.84 Å². The van der Waals surface area contributed by atoms with E-state index < -0.39 is 9.84 Å². The average molecular weight is 276 g/mol. The highest BCUT2D eigenvalue weighted by Crippen LogP contribution is 2.57. The van der Waals surface area contributed by atoms with Crippen LogP contribution in [0.1, 0.15) is 31.0 Å². The molecule has 0 amide bonds. The van der Waals surface area contributed by atoms with Crippen LogP contribution in [-0.4, -0.2) is 24.6 Å². The number of H-pyrrole nitrogens is 1. The third-order valence-corrected chi connectivity index (χ3v) is 5.64. The van der Waals surface area contributed by atoms with Crippen molar-refractivity contribution < 1.29 is 8.42 Å². The molecule has 1 heterocycles. The van der Waals surface area contributed by atoms with Crippen molar-refractivity contribution in [2.24, 2.45) is 11.8 Å². The van der Waals surface area contributed by atoms with Crippen LogP contribution < -0.4 is 0 Å². The smallest absolute Gasteiger partial charge is 0.175 e. The topological polar surface area (TPSA) is 62.8 Å². The monoisotopic (exact) mass is 276 g/mol. The largest absolute Gasteiger partial charge is 0.342 e. The summed E-state index contributed by atoms with van der Waals surface area (Å²) in [4.78, 5) is 8.29. The van der Waals surface area contributed by atoms with Crippen LogP contribution in [0.4, 0.5) is 0 Å². The van der Waals surface area contributed by atoms with Gasteiger partial charge in [-0.05, 0) is 49.3 Å². The third-order valence-electron chi connectivity index (χ3n) is 4.53. The summed E-state index contributed by atoms with van der Waals surface area (Å²) >= 11 is 0. The van der Waals surface area contributed by atoms with Gasteiger partial charge in [0.05, 0.1) is 15.9 Å². The zero-order chi connectivity index (χ0) is 13.2. The normalized spacial score (nSPS) is 29.6. The van der Waals surface area contributed by atoms with Crippen molar-refractivity contribution in [3.63, 3.8) is 0 Å². The fraction of sp³-hybridized carbons (Fsp3) is 0.500. The fourth-order valence-electron chi connectivity index (χ4n) is 3.37. The predicted molar refractivity (Wildman–Crippen MR) is 72.8 cm³/mol. The highest BCUT2D eigenvalue weighted by Gasteiger charge is 2.46. The van der Waals surface area contributed by atoms with E-state index in [4.69, 9.17) is 0 Å². The lowest BCUT2D eigenvalue weighted by Gasteiger charge is -2.06. The number of hydrogen-bond acceptors (Lipinski definition) is 3. The predicted octanol–water partition coefficient (Wildman–Crippen LogP) is 2.48. The van der Waals surface area contributed by atoms with Crippen molar-refractivity contribution >= 4 is 20.9 Å². The van der Waals surface area contributed by atoms with Gasteiger partial charge in [0, 0.05) is 12.2 Å². The zero-order valence-electron chi connectivity index (χ0n) is 10.8. The van der Waals surface area contributed by atoms with E-state index in [2.05, 4.69) is 9.97 Å². The summed E-state index contributed by atoms with van der Waals surface area (Å²) in [5, 5.41) is 0. The Morgan fingerprint density at radius 2 is 1.95 bits per heavy atom. The van der Waals surface area contributed by atoms with Crippen LogP contribution in [0, 0.1) is 11.8 Å². The lowest BCUT2D eigenvalue weighted by molar-refractivity contribution is 0.597. The first-order valence-electron chi connectivity index (χ1n) is 6.70. The molecule has 0 bridgehead atoms. The van der Waals surface area contributed by atoms with Crippen LogP contribution in [0.2, 0.25) is 0 Å². The summed E-state index contributed by atoms with van der Waals surface area (Å²) in [6.45, 7) is 0. The minimum atomic E-state index is -3.15. The van der Waals surface area contributed by atoms with Crippen LogP contribution >= 0.6 is 0 Å². The minimum Gasteiger partial charge on any atom is -0.342 e. The number of fused-ring (bicyclic) bond motifs is 2. The molecule has 100 valence electrons. The molecule has 2 aliphatic carbocycles. The number of sulfone groups is 1. The van der Waals surface area contributed by atoms with E-state index in [1.54, 1.807) is 18.2 Å². The van der Waals surface area contributed by atoms with E-state index in [-0.39, 0.29) is 0 Å². The van der Waals surface area contributed by atoms with E-state index in [0.717, 1.165) is 28.7 Å². The van der Waals surface area contributed by atoms with Gasteiger partial charge >= 0.3 is 0 Å². The Labute approximate surface area is 112 Å². The second-order valence-electron chi connectivity index (χ2n) is 6.00. The summed E-state index contributed by atoms with van der Waals surface area (Å²) in [6.07, 6.45) is 5.11. The molecule has 2 saturated carbocycles. The molecule has 2 unspecified atom stereocenters. The van der Waals surface area contributed by atoms with Crippen LogP contribution in [0.5, 0.6) is 0 Å². The van der Waals surface area contributed by atoms with Crippen LogP contribution in [0.15, 0.2) is 23.1 Å². The van der Waals surface area contributed by atoms with Crippen molar-refractivity contribution in [2.45, 2.75) is 30.1 Å². The second-order valence-corrected chi connectivity index (χ2v) is 8.01. The van der Waals surface area contributed by atoms with Gasteiger partial charge in [-0.25, -0.2) is 13.4 Å². The summed E-state index contributed by atoms with van der Waals surface area (Å²) in [7, 11) is -3.15. The maximum atomic E-state index is 11.6. The maximum Gasteiger partial charge on any atom is 0.175 e. The number of aromatic amines is 1. The van der Waals surface area contributed by atoms with Crippen molar-refractivity contribution in [2.75, 3.05) is 6.26 Å². The molecule has 19 heavy (non-hydrogen) atoms. The molecule has 5 heteroatoms. The summed E-state index contributed by atoms with van der Waals surface area (Å²) < 4.78 is 23.1. The SMILES string of the molecule is CS(=O)(=O)c1ccc2nc(C3CC4CC4C3)[nH]c2c1. The first-order chi connectivity index (χ1) is 9.00. The zero-order valence-corrected chi connectivity index (χ0v) is 11.6. The lowest BCUT2D eigenvalue weighted by Crippen LogP contribution is -1.97. The standard InChI is InChI=1S/C14H16N2O2S/c1-19(17,18)11-2-3-12-13(7-11)16-14(15-12)10-5-8-4-9(8)6-10/h2-3,7-10H,4-6H2,1H3,(H,15,16). The number of aromatic nitrogens is 2. The van der Waals surface area contributed by atoms with E-state index in [1.165, 1.54) is 25.5 Å². The highest BCUT2D eigenvalue weighted by molar-refractivity contribution is 7.90. The van der Waals surface area contributed by atoms with Gasteiger partial charge in [-0.15, -0.1) is 0 Å². The first-order valence-corrected chi connectivity index (χ1v) is 8.59. The maximum absolute atomic E-state index is 11.6. The van der Waals surface area contributed by atoms with Crippen LogP contribution in [0.25, 0.3) is 11.0 Å². The first kappa shape index (κ1) is 11.5. The molecular formula is C14H16N2O2S. The molecule has 0 radical (unpaired) electrons. The lowest BCUT2D eigenvalue weighted by atomic mass is 10.0. The number of hydrogen-bond donors (Lipinski definition) is 1. The van der Waals surface area contributed by atoms with Crippen LogP contribution in [-0.2, 0) is 9.84 Å². The second kappa shape index (κ2) is 3.60. The van der Waals surface area contributed by atoms with E-state index in [9.17, 15) is 8.42 Å². The van der Waals surface area contributed by atoms with Gasteiger partial charge in [0.25, 0.3) is 0 Å². The molecule has 4 rings (SSSR count). The molecule has 2 atom stereocenters. The Morgan fingerprint density at radius 3 is 2.63 bits per heavy atom. The van der Waals surface area contributed by atoms with Gasteiger partial charge in [0.1, 0.15) is 5.82 Å². The van der Waals surface area contributed by atoms with Crippen molar-refractivity contribution in [1.29, 1.82) is 0 Å². The Balaban J connectivity index is 1.74. The minimum absolute atomic E-state index is 0.351. The van der Waals surface area contributed by atoms with Gasteiger partial charge < -0.3 is 4.98 Å². The summed E-state index contributed by atoms with van der Waals surface area (Å²) in [6, 6.07) is 5.12. The number of nitrogens with one attached hydrogen (secondary N) is 1. The van der Waals surface area contributed by atoms with E-state index in [1.807, 2.05) is 0 Å². The Bertz CT molecular complexity index is 753. The van der Waals surface area contributed by atoms with Crippen molar-refractivity contribution in [3.05, 3.63) is 24.0 Å². The Morgan fingerprint density at radius 1 is 1.21 bits per heavy atom. The fourth-order valence-corrected chi connectivity index (χ4v) is 4.02. The van der Waals surface area contributed by atoms with Gasteiger partial charge in [0.2, 0.25) is 0 Å². The number of benzene rings is 1. The van der Waals surface area contributed by atoms with Crippen molar-refractivity contribution in [1.82, 2.24) is 9.97 Å². The Kier molecular flexibility index (Phi) is 2.17. The van der Waals surface area contributed by atoms with Crippen molar-refractivity contribution in [3.8, 4) is 0 Å². The summed E-state index contributed by atoms with van der Waals surface area (Å²) in [5.41, 5.74) is 1.70. The molecule has 1 aromatic carbocycles. The quantitative estimate of drug-likeness (QED) is 0.916. The molecule has 2 aromatic rings. The molecule has 2 aliphatic rings. The number of imidazole rings is 1. The molecule has 4 nitrogen and oxygen atoms in total. The molecule has 2 fully saturated rings. The molecule has 0 spiro atoms. The van der Waals surface area contributed by atoms with Gasteiger partial charge in [-0.3, -0.25) is 0 Å². The third kappa shape index (κ3) is 1.87. The van der Waals surface area contributed by atoms with Gasteiger partial charge in [-0.2, -0.15) is 0 Å². The Hall–Kier alpha value is -1.36. The number of nitrogens with zero attached hydrogens (tertiary/aromatic N) is 1. The molecule has 1 aromatic heterocycles. The molecular weight excluding hydrogens is 260 g/mol.